The number of hydrazone groups is 1. The van der Waals surface area contributed by atoms with Crippen molar-refractivity contribution in [2.45, 2.75) is 13.8 Å². The van der Waals surface area contributed by atoms with Crippen molar-refractivity contribution < 1.29 is 38.8 Å². The molecule has 2 aromatic carbocycles. The molecular weight excluding hydrogens is 479 g/mol. The largest absolute Gasteiger partial charge is 1.00 e. The highest BCUT2D eigenvalue weighted by Gasteiger charge is 2.18. The highest BCUT2D eigenvalue weighted by molar-refractivity contribution is 6.28. The lowest BCUT2D eigenvalue weighted by Gasteiger charge is -2.15. The molecule has 4 rings (SSSR count). The molecule has 7 heteroatoms. The zero-order valence-electron chi connectivity index (χ0n) is 16.6. The van der Waals surface area contributed by atoms with Gasteiger partial charge in [-0.3, -0.25) is 5.32 Å². The number of hydrogen-bond donors (Lipinski definition) is 2. The number of benzene rings is 2. The molecule has 0 bridgehead atoms. The normalized spacial score (nSPS) is 15.9. The number of allylic oxidation sites excluding steroid dienone is 1. The molecule has 2 aliphatic heterocycles. The Bertz CT molecular complexity index is 939. The van der Waals surface area contributed by atoms with Crippen molar-refractivity contribution in [1.82, 2.24) is 5.43 Å². The molecule has 2 aromatic rings. The Labute approximate surface area is 188 Å². The highest BCUT2D eigenvalue weighted by Crippen LogP contribution is 2.34. The molecule has 0 unspecified atom stereocenters. The molecule has 0 saturated carbocycles. The Morgan fingerprint density at radius 2 is 1.93 bits per heavy atom. The zero-order chi connectivity index (χ0) is 19.3. The van der Waals surface area contributed by atoms with E-state index >= 15 is 0 Å². The molecule has 0 aromatic heterocycles. The number of aliphatic imine (C=N–C) groups is 1. The summed E-state index contributed by atoms with van der Waals surface area (Å²) in [5.74, 6) is 2.63. The first-order chi connectivity index (χ1) is 13.7. The third kappa shape index (κ3) is 5.16. The smallest absolute Gasteiger partial charge is 0.315 e. The molecule has 0 atom stereocenters. The van der Waals surface area contributed by atoms with Crippen LogP contribution in [0.3, 0.4) is 0 Å². The van der Waals surface area contributed by atoms with Gasteiger partial charge >= 0.3 is 5.96 Å². The Kier molecular flexibility index (Phi) is 7.27. The predicted octanol–water partition coefficient (Wildman–Crippen LogP) is -0.505. The van der Waals surface area contributed by atoms with Crippen molar-refractivity contribution in [3.63, 3.8) is 0 Å². The van der Waals surface area contributed by atoms with Crippen LogP contribution in [-0.2, 0) is 0 Å². The first kappa shape index (κ1) is 21.3. The standard InChI is InChI=1S/C22H24N4O2.HI/c1-15(2)21(25-26-22-23-10-11-24-22)18(17-6-4-3-5-7-17)12-16-8-9-19-20(13-16)28-14-27-19;/h3-9,12-13,15H,10-11,14H2,1-2H3,(H2,23,24,26);1H/b18-12-,25-21+;. The van der Waals surface area contributed by atoms with E-state index in [9.17, 15) is 0 Å². The van der Waals surface area contributed by atoms with E-state index in [2.05, 4.69) is 47.8 Å². The third-order valence-corrected chi connectivity index (χ3v) is 4.66. The summed E-state index contributed by atoms with van der Waals surface area (Å²) in [4.78, 5) is 4.42. The van der Waals surface area contributed by atoms with Crippen molar-refractivity contribution in [2.75, 3.05) is 19.9 Å². The van der Waals surface area contributed by atoms with E-state index in [1.807, 2.05) is 36.4 Å². The fourth-order valence-electron chi connectivity index (χ4n) is 3.24. The van der Waals surface area contributed by atoms with Gasteiger partial charge in [0.25, 0.3) is 0 Å². The molecule has 29 heavy (non-hydrogen) atoms. The molecule has 0 saturated heterocycles. The molecule has 0 aliphatic carbocycles. The maximum Gasteiger partial charge on any atom is 0.315 e. The average Bonchev–Trinajstić information content (AvgIpc) is 3.39. The fraction of sp³-hybridized carbons (Fsp3) is 0.273. The Morgan fingerprint density at radius 1 is 1.14 bits per heavy atom. The van der Waals surface area contributed by atoms with E-state index < -0.39 is 0 Å². The Balaban J connectivity index is 0.00000240. The molecule has 152 valence electrons. The van der Waals surface area contributed by atoms with Crippen LogP contribution in [0.25, 0.3) is 11.6 Å². The van der Waals surface area contributed by atoms with Crippen molar-refractivity contribution in [3.05, 3.63) is 59.7 Å². The maximum absolute atomic E-state index is 5.54. The topological polar surface area (TPSA) is 71.8 Å². The van der Waals surface area contributed by atoms with E-state index in [1.54, 1.807) is 0 Å². The van der Waals surface area contributed by atoms with Gasteiger partial charge in [0.15, 0.2) is 11.5 Å². The van der Waals surface area contributed by atoms with Gasteiger partial charge in [-0.15, -0.1) is 0 Å². The number of halogens is 1. The summed E-state index contributed by atoms with van der Waals surface area (Å²) in [5, 5.41) is 6.81. The quantitative estimate of drug-likeness (QED) is 0.250. The lowest BCUT2D eigenvalue weighted by molar-refractivity contribution is -0.531. The number of ether oxygens (including phenoxy) is 2. The number of hydrogen-bond acceptors (Lipinski definition) is 5. The molecule has 0 fully saturated rings. The molecule has 0 amide bonds. The van der Waals surface area contributed by atoms with E-state index in [-0.39, 0.29) is 36.7 Å². The predicted molar refractivity (Wildman–Crippen MR) is 111 cm³/mol. The van der Waals surface area contributed by atoms with Gasteiger partial charge in [0.2, 0.25) is 6.79 Å². The van der Waals surface area contributed by atoms with Gasteiger partial charge in [-0.1, -0.05) is 50.2 Å². The van der Waals surface area contributed by atoms with E-state index in [0.29, 0.717) is 0 Å². The number of nitrogens with one attached hydrogen (secondary N) is 1. The minimum Gasteiger partial charge on any atom is -1.00 e. The van der Waals surface area contributed by atoms with Gasteiger partial charge < -0.3 is 33.5 Å². The summed E-state index contributed by atoms with van der Waals surface area (Å²) >= 11 is 0. The summed E-state index contributed by atoms with van der Waals surface area (Å²) in [5.41, 5.74) is 7.35. The second-order valence-electron chi connectivity index (χ2n) is 7.06. The van der Waals surface area contributed by atoms with Crippen LogP contribution in [0.4, 0.5) is 0 Å². The minimum absolute atomic E-state index is 0. The summed E-state index contributed by atoms with van der Waals surface area (Å²) < 4.78 is 11.0. The number of nitrogens with zero attached hydrogens (tertiary/aromatic N) is 2. The van der Waals surface area contributed by atoms with Crippen molar-refractivity contribution in [3.8, 4) is 11.5 Å². The number of quaternary nitrogens is 1. The molecule has 2 heterocycles. The van der Waals surface area contributed by atoms with E-state index in [4.69, 9.17) is 14.6 Å². The first-order valence-electron chi connectivity index (χ1n) is 9.59. The van der Waals surface area contributed by atoms with Crippen LogP contribution >= 0.6 is 0 Å². The van der Waals surface area contributed by atoms with Crippen LogP contribution in [0.2, 0.25) is 0 Å². The van der Waals surface area contributed by atoms with Crippen LogP contribution in [-0.4, -0.2) is 31.6 Å². The summed E-state index contributed by atoms with van der Waals surface area (Å²) in [6.07, 6.45) is 2.15. The number of nitrogens with two attached hydrogens (primary N) is 1. The Morgan fingerprint density at radius 3 is 2.66 bits per heavy atom. The monoisotopic (exact) mass is 504 g/mol. The van der Waals surface area contributed by atoms with E-state index in [1.165, 1.54) is 0 Å². The van der Waals surface area contributed by atoms with Crippen molar-refractivity contribution in [2.24, 2.45) is 16.0 Å². The van der Waals surface area contributed by atoms with Crippen LogP contribution in [0.5, 0.6) is 11.5 Å². The zero-order valence-corrected chi connectivity index (χ0v) is 18.7. The van der Waals surface area contributed by atoms with Gasteiger partial charge in [-0.05, 0) is 35.3 Å². The Hall–Kier alpha value is -2.39. The molecular formula is C22H25IN4O2. The molecule has 0 radical (unpaired) electrons. The van der Waals surface area contributed by atoms with Gasteiger partial charge in [-0.25, -0.2) is 10.4 Å². The summed E-state index contributed by atoms with van der Waals surface area (Å²) in [6, 6.07) is 16.3. The number of rotatable bonds is 5. The molecule has 3 N–H and O–H groups in total. The first-order valence-corrected chi connectivity index (χ1v) is 9.59. The van der Waals surface area contributed by atoms with Crippen LogP contribution in [0, 0.1) is 5.92 Å². The van der Waals surface area contributed by atoms with Gasteiger partial charge in [-0.2, -0.15) is 5.10 Å². The second kappa shape index (κ2) is 9.89. The van der Waals surface area contributed by atoms with Crippen LogP contribution < -0.4 is 44.2 Å². The van der Waals surface area contributed by atoms with Gasteiger partial charge in [0, 0.05) is 5.57 Å². The van der Waals surface area contributed by atoms with Crippen LogP contribution in [0.1, 0.15) is 25.0 Å². The van der Waals surface area contributed by atoms with Crippen molar-refractivity contribution in [1.29, 1.82) is 0 Å². The minimum atomic E-state index is 0. The number of guanidine groups is 1. The highest BCUT2D eigenvalue weighted by atomic mass is 127. The lowest BCUT2D eigenvalue weighted by Crippen LogP contribution is -3.00. The third-order valence-electron chi connectivity index (χ3n) is 4.66. The summed E-state index contributed by atoms with van der Waals surface area (Å²) in [6.45, 7) is 6.37. The molecule has 2 aliphatic rings. The summed E-state index contributed by atoms with van der Waals surface area (Å²) in [7, 11) is 0. The maximum atomic E-state index is 5.54. The fourth-order valence-corrected chi connectivity index (χ4v) is 3.24. The number of fused-ring (bicyclic) bond motifs is 1. The van der Waals surface area contributed by atoms with E-state index in [0.717, 1.165) is 53.0 Å². The second-order valence-corrected chi connectivity index (χ2v) is 7.06. The van der Waals surface area contributed by atoms with Gasteiger partial charge in [0.1, 0.15) is 6.54 Å². The van der Waals surface area contributed by atoms with Crippen LogP contribution in [0.15, 0.2) is 58.6 Å². The van der Waals surface area contributed by atoms with Gasteiger partial charge in [0.05, 0.1) is 12.3 Å². The SMILES string of the molecule is CC(C)C(=N\NC1=NCC[NH2+]1)/C(=C\c1ccc2c(c1)OCO2)c1ccccc1.[I-]. The lowest BCUT2D eigenvalue weighted by atomic mass is 9.92. The molecule has 0 spiro atoms. The average molecular weight is 504 g/mol. The molecule has 6 nitrogen and oxygen atoms in total. The van der Waals surface area contributed by atoms with Crippen molar-refractivity contribution >= 4 is 23.3 Å².